The van der Waals surface area contributed by atoms with E-state index < -0.39 is 0 Å². The average molecular weight is 430 g/mol. The van der Waals surface area contributed by atoms with E-state index in [2.05, 4.69) is 19.7 Å². The molecule has 0 spiro atoms. The predicted octanol–water partition coefficient (Wildman–Crippen LogP) is 2.74. The molecule has 8 nitrogen and oxygen atoms in total. The summed E-state index contributed by atoms with van der Waals surface area (Å²) in [6, 6.07) is 6.34. The first-order valence-electron chi connectivity index (χ1n) is 10.6. The minimum absolute atomic E-state index is 0.0722. The van der Waals surface area contributed by atoms with Crippen molar-refractivity contribution in [3.05, 3.63) is 23.8 Å². The van der Waals surface area contributed by atoms with Crippen molar-refractivity contribution in [3.8, 4) is 11.5 Å². The second-order valence-corrected chi connectivity index (χ2v) is 9.04. The van der Waals surface area contributed by atoms with Gasteiger partial charge in [0.25, 0.3) is 0 Å². The average Bonchev–Trinajstić information content (AvgIpc) is 3.28. The van der Waals surface area contributed by atoms with Crippen LogP contribution in [0.1, 0.15) is 37.3 Å². The zero-order chi connectivity index (χ0) is 20.5. The quantitative estimate of drug-likeness (QED) is 0.627. The Morgan fingerprint density at radius 2 is 1.93 bits per heavy atom. The Morgan fingerprint density at radius 3 is 2.70 bits per heavy atom. The van der Waals surface area contributed by atoms with Gasteiger partial charge in [0.1, 0.15) is 13.2 Å². The fourth-order valence-corrected chi connectivity index (χ4v) is 4.88. The molecule has 1 saturated carbocycles. The summed E-state index contributed by atoms with van der Waals surface area (Å²) in [7, 11) is 1.83. The summed E-state index contributed by atoms with van der Waals surface area (Å²) in [5, 5.41) is 9.74. The predicted molar refractivity (Wildman–Crippen MR) is 114 cm³/mol. The molecule has 30 heavy (non-hydrogen) atoms. The molecule has 1 saturated heterocycles. The normalized spacial score (nSPS) is 18.0. The topological polar surface area (TPSA) is 72.7 Å². The monoisotopic (exact) mass is 429 g/mol. The molecule has 1 aromatic heterocycles. The van der Waals surface area contributed by atoms with E-state index in [1.807, 2.05) is 25.2 Å². The number of rotatable bonds is 7. The van der Waals surface area contributed by atoms with Crippen LogP contribution in [0.4, 0.5) is 5.95 Å². The molecular formula is C21H27N5O3S. The van der Waals surface area contributed by atoms with Crippen LogP contribution in [0.25, 0.3) is 0 Å². The molecule has 2 aliphatic heterocycles. The summed E-state index contributed by atoms with van der Waals surface area (Å²) >= 11 is 1.49. The van der Waals surface area contributed by atoms with E-state index in [4.69, 9.17) is 9.47 Å². The van der Waals surface area contributed by atoms with E-state index >= 15 is 0 Å². The number of fused-ring (bicyclic) bond motifs is 1. The summed E-state index contributed by atoms with van der Waals surface area (Å²) < 4.78 is 13.5. The third-order valence-corrected chi connectivity index (χ3v) is 6.65. The SMILES string of the molecule is CN(Cc1ccc2c(c1)OCCO2)C(=O)CSc1nnc(N2CCCC2)n1C1CC1. The molecule has 1 aliphatic carbocycles. The number of benzene rings is 1. The molecule has 160 valence electrons. The molecule has 0 bridgehead atoms. The first-order valence-corrected chi connectivity index (χ1v) is 11.6. The number of carbonyl (C=O) groups is 1. The lowest BCUT2D eigenvalue weighted by atomic mass is 10.2. The lowest BCUT2D eigenvalue weighted by Crippen LogP contribution is -2.28. The largest absolute Gasteiger partial charge is 0.486 e. The summed E-state index contributed by atoms with van der Waals surface area (Å²) in [4.78, 5) is 16.8. The van der Waals surface area contributed by atoms with Crippen LogP contribution in [0.3, 0.4) is 0 Å². The summed E-state index contributed by atoms with van der Waals surface area (Å²) in [5.74, 6) is 2.92. The molecule has 0 unspecified atom stereocenters. The third-order valence-electron chi connectivity index (χ3n) is 5.72. The maximum atomic E-state index is 12.8. The van der Waals surface area contributed by atoms with Crippen molar-refractivity contribution in [2.75, 3.05) is 44.0 Å². The molecule has 1 aromatic carbocycles. The van der Waals surface area contributed by atoms with Gasteiger partial charge in [-0.3, -0.25) is 9.36 Å². The van der Waals surface area contributed by atoms with Gasteiger partial charge in [0.05, 0.1) is 5.75 Å². The number of amides is 1. The highest BCUT2D eigenvalue weighted by Gasteiger charge is 2.32. The maximum Gasteiger partial charge on any atom is 0.233 e. The van der Waals surface area contributed by atoms with Crippen LogP contribution in [0.5, 0.6) is 11.5 Å². The summed E-state index contributed by atoms with van der Waals surface area (Å²) in [5.41, 5.74) is 1.03. The van der Waals surface area contributed by atoms with Crippen LogP contribution in [-0.2, 0) is 11.3 Å². The number of carbonyl (C=O) groups excluding carboxylic acids is 1. The third kappa shape index (κ3) is 4.08. The Bertz CT molecular complexity index is 923. The molecule has 2 fully saturated rings. The molecule has 2 aromatic rings. The van der Waals surface area contributed by atoms with Crippen molar-refractivity contribution in [1.82, 2.24) is 19.7 Å². The number of hydrogen-bond donors (Lipinski definition) is 0. The van der Waals surface area contributed by atoms with Gasteiger partial charge in [0, 0.05) is 32.7 Å². The van der Waals surface area contributed by atoms with E-state index in [9.17, 15) is 4.79 Å². The lowest BCUT2D eigenvalue weighted by molar-refractivity contribution is -0.127. The van der Waals surface area contributed by atoms with Crippen LogP contribution in [0.15, 0.2) is 23.4 Å². The number of aromatic nitrogens is 3. The Balaban J connectivity index is 1.21. The smallest absolute Gasteiger partial charge is 0.233 e. The number of ether oxygens (including phenoxy) is 2. The van der Waals surface area contributed by atoms with Gasteiger partial charge in [-0.1, -0.05) is 17.8 Å². The molecule has 0 atom stereocenters. The first-order chi connectivity index (χ1) is 14.7. The van der Waals surface area contributed by atoms with E-state index in [1.165, 1.54) is 37.4 Å². The number of anilines is 1. The van der Waals surface area contributed by atoms with E-state index in [0.717, 1.165) is 41.3 Å². The molecule has 1 amide bonds. The minimum Gasteiger partial charge on any atom is -0.486 e. The highest BCUT2D eigenvalue weighted by molar-refractivity contribution is 7.99. The standard InChI is InChI=1S/C21H27N5O3S/c1-24(13-15-4-7-17-18(12-15)29-11-10-28-17)19(27)14-30-21-23-22-20(25-8-2-3-9-25)26(21)16-5-6-16/h4,7,12,16H,2-3,5-6,8-11,13-14H2,1H3. The Labute approximate surface area is 180 Å². The van der Waals surface area contributed by atoms with Crippen molar-refractivity contribution in [2.24, 2.45) is 0 Å². The maximum absolute atomic E-state index is 12.8. The summed E-state index contributed by atoms with van der Waals surface area (Å²) in [6.07, 6.45) is 4.76. The van der Waals surface area contributed by atoms with Crippen molar-refractivity contribution in [2.45, 2.75) is 43.4 Å². The van der Waals surface area contributed by atoms with Crippen molar-refractivity contribution < 1.29 is 14.3 Å². The number of hydrogen-bond acceptors (Lipinski definition) is 7. The molecule has 9 heteroatoms. The highest BCUT2D eigenvalue weighted by atomic mass is 32.2. The second kappa shape index (κ2) is 8.37. The molecule has 3 heterocycles. The van der Waals surface area contributed by atoms with Crippen LogP contribution in [0.2, 0.25) is 0 Å². The van der Waals surface area contributed by atoms with Crippen molar-refractivity contribution in [1.29, 1.82) is 0 Å². The first kappa shape index (κ1) is 19.5. The van der Waals surface area contributed by atoms with Gasteiger partial charge in [-0.25, -0.2) is 0 Å². The number of nitrogens with zero attached hydrogens (tertiary/aromatic N) is 5. The van der Waals surface area contributed by atoms with Crippen LogP contribution < -0.4 is 14.4 Å². The van der Waals surface area contributed by atoms with Gasteiger partial charge < -0.3 is 19.3 Å². The fourth-order valence-electron chi connectivity index (χ4n) is 3.94. The minimum atomic E-state index is 0.0722. The zero-order valence-electron chi connectivity index (χ0n) is 17.2. The van der Waals surface area contributed by atoms with E-state index in [-0.39, 0.29) is 5.91 Å². The van der Waals surface area contributed by atoms with Gasteiger partial charge in [-0.05, 0) is 43.4 Å². The molecule has 0 N–H and O–H groups in total. The van der Waals surface area contributed by atoms with Crippen LogP contribution in [-0.4, -0.2) is 64.7 Å². The van der Waals surface area contributed by atoms with Crippen molar-refractivity contribution >= 4 is 23.6 Å². The lowest BCUT2D eigenvalue weighted by Gasteiger charge is -2.21. The Hall–Kier alpha value is -2.42. The van der Waals surface area contributed by atoms with Gasteiger partial charge in [-0.2, -0.15) is 0 Å². The Kier molecular flexibility index (Phi) is 5.45. The van der Waals surface area contributed by atoms with E-state index in [1.54, 1.807) is 4.90 Å². The molecular weight excluding hydrogens is 402 g/mol. The van der Waals surface area contributed by atoms with Crippen LogP contribution in [0, 0.1) is 0 Å². The van der Waals surface area contributed by atoms with Gasteiger partial charge in [0.2, 0.25) is 11.9 Å². The molecule has 5 rings (SSSR count). The van der Waals surface area contributed by atoms with Gasteiger partial charge in [0.15, 0.2) is 16.7 Å². The second-order valence-electron chi connectivity index (χ2n) is 8.09. The van der Waals surface area contributed by atoms with E-state index in [0.29, 0.717) is 31.6 Å². The number of thioether (sulfide) groups is 1. The van der Waals surface area contributed by atoms with Gasteiger partial charge in [-0.15, -0.1) is 10.2 Å². The zero-order valence-corrected chi connectivity index (χ0v) is 18.1. The van der Waals surface area contributed by atoms with Gasteiger partial charge >= 0.3 is 0 Å². The molecule has 0 radical (unpaired) electrons. The Morgan fingerprint density at radius 1 is 1.17 bits per heavy atom. The van der Waals surface area contributed by atoms with Crippen molar-refractivity contribution in [3.63, 3.8) is 0 Å². The van der Waals surface area contributed by atoms with Crippen LogP contribution >= 0.6 is 11.8 Å². The highest BCUT2D eigenvalue weighted by Crippen LogP contribution is 2.41. The fraction of sp³-hybridized carbons (Fsp3) is 0.571. The molecule has 3 aliphatic rings. The summed E-state index contributed by atoms with van der Waals surface area (Å²) in [6.45, 7) is 3.76.